The predicted octanol–water partition coefficient (Wildman–Crippen LogP) is 2.93. The Hall–Kier alpha value is -1.81. The molecule has 0 aliphatic carbocycles. The Morgan fingerprint density at radius 3 is 3.00 bits per heavy atom. The van der Waals surface area contributed by atoms with E-state index in [-0.39, 0.29) is 6.04 Å². The Balaban J connectivity index is 1.91. The van der Waals surface area contributed by atoms with Gasteiger partial charge in [-0.3, -0.25) is 4.68 Å². The third kappa shape index (κ3) is 2.95. The van der Waals surface area contributed by atoms with E-state index < -0.39 is 0 Å². The minimum Gasteiger partial charge on any atom is -0.493 e. The summed E-state index contributed by atoms with van der Waals surface area (Å²) in [5.41, 5.74) is 3.84. The van der Waals surface area contributed by atoms with Gasteiger partial charge in [0.25, 0.3) is 0 Å². The lowest BCUT2D eigenvalue weighted by molar-refractivity contribution is 0.357. The van der Waals surface area contributed by atoms with Gasteiger partial charge in [-0.05, 0) is 37.1 Å². The maximum Gasteiger partial charge on any atom is 0.122 e. The molecule has 0 radical (unpaired) electrons. The summed E-state index contributed by atoms with van der Waals surface area (Å²) < 4.78 is 7.58. The van der Waals surface area contributed by atoms with Gasteiger partial charge in [-0.25, -0.2) is 0 Å². The molecule has 4 nitrogen and oxygen atoms in total. The lowest BCUT2D eigenvalue weighted by Crippen LogP contribution is -2.23. The molecule has 1 N–H and O–H groups in total. The summed E-state index contributed by atoms with van der Waals surface area (Å²) in [5, 5.41) is 8.05. The lowest BCUT2D eigenvalue weighted by Gasteiger charge is -2.18. The van der Waals surface area contributed by atoms with Crippen LogP contribution in [0.1, 0.15) is 43.0 Å². The Kier molecular flexibility index (Phi) is 4.25. The second-order valence-electron chi connectivity index (χ2n) is 5.48. The first-order valence-corrected chi connectivity index (χ1v) is 7.83. The van der Waals surface area contributed by atoms with Crippen molar-refractivity contribution < 1.29 is 4.74 Å². The smallest absolute Gasteiger partial charge is 0.122 e. The molecule has 2 aromatic rings. The van der Waals surface area contributed by atoms with Crippen LogP contribution in [-0.2, 0) is 13.0 Å². The van der Waals surface area contributed by atoms with Crippen molar-refractivity contribution in [1.82, 2.24) is 15.1 Å². The van der Waals surface area contributed by atoms with Crippen LogP contribution in [0.15, 0.2) is 30.6 Å². The molecule has 0 saturated heterocycles. The fraction of sp³-hybridized carbons (Fsp3) is 0.471. The zero-order chi connectivity index (χ0) is 14.7. The molecule has 112 valence electrons. The van der Waals surface area contributed by atoms with Crippen molar-refractivity contribution in [3.8, 4) is 5.75 Å². The number of aromatic nitrogens is 2. The minimum absolute atomic E-state index is 0.205. The maximum atomic E-state index is 5.60. The van der Waals surface area contributed by atoms with Crippen LogP contribution >= 0.6 is 0 Å². The number of benzene rings is 1. The number of aryl methyl sites for hydroxylation is 1. The highest BCUT2D eigenvalue weighted by molar-refractivity contribution is 5.42. The summed E-state index contributed by atoms with van der Waals surface area (Å²) in [6, 6.07) is 6.75. The zero-order valence-electron chi connectivity index (χ0n) is 12.8. The average molecular weight is 285 g/mol. The van der Waals surface area contributed by atoms with Crippen LogP contribution in [0.3, 0.4) is 0 Å². The maximum absolute atomic E-state index is 5.60. The lowest BCUT2D eigenvalue weighted by atomic mass is 9.98. The van der Waals surface area contributed by atoms with Crippen LogP contribution in [0.5, 0.6) is 5.75 Å². The van der Waals surface area contributed by atoms with Gasteiger partial charge in [-0.15, -0.1) is 0 Å². The zero-order valence-corrected chi connectivity index (χ0v) is 12.8. The minimum atomic E-state index is 0.205. The number of nitrogens with one attached hydrogen (secondary N) is 1. The first-order chi connectivity index (χ1) is 10.3. The molecular formula is C17H23N3O. The molecule has 2 heterocycles. The Bertz CT molecular complexity index is 606. The van der Waals surface area contributed by atoms with Crippen molar-refractivity contribution in [2.45, 2.75) is 39.3 Å². The van der Waals surface area contributed by atoms with Crippen LogP contribution in [0.4, 0.5) is 0 Å². The van der Waals surface area contributed by atoms with Gasteiger partial charge in [-0.2, -0.15) is 5.10 Å². The summed E-state index contributed by atoms with van der Waals surface area (Å²) in [6.45, 7) is 7.00. The number of ether oxygens (including phenoxy) is 1. The number of hydrogen-bond acceptors (Lipinski definition) is 3. The van der Waals surface area contributed by atoms with Crippen molar-refractivity contribution in [2.75, 3.05) is 13.2 Å². The molecule has 0 bridgehead atoms. The fourth-order valence-electron chi connectivity index (χ4n) is 2.80. The first-order valence-electron chi connectivity index (χ1n) is 7.83. The van der Waals surface area contributed by atoms with Crippen molar-refractivity contribution >= 4 is 0 Å². The first kappa shape index (κ1) is 14.1. The van der Waals surface area contributed by atoms with E-state index in [1.54, 1.807) is 0 Å². The Morgan fingerprint density at radius 1 is 1.33 bits per heavy atom. The summed E-state index contributed by atoms with van der Waals surface area (Å²) in [6.07, 6.45) is 6.24. The fourth-order valence-corrected chi connectivity index (χ4v) is 2.80. The molecule has 1 atom stereocenters. The summed E-state index contributed by atoms with van der Waals surface area (Å²) >= 11 is 0. The van der Waals surface area contributed by atoms with E-state index in [2.05, 4.69) is 48.7 Å². The third-order valence-electron chi connectivity index (χ3n) is 3.96. The highest BCUT2D eigenvalue weighted by Gasteiger charge is 2.19. The van der Waals surface area contributed by atoms with Crippen LogP contribution < -0.4 is 10.1 Å². The molecule has 1 aromatic heterocycles. The van der Waals surface area contributed by atoms with E-state index in [1.165, 1.54) is 16.7 Å². The molecule has 4 heteroatoms. The molecule has 1 unspecified atom stereocenters. The number of hydrogen-bond donors (Lipinski definition) is 1. The highest BCUT2D eigenvalue weighted by Crippen LogP contribution is 2.30. The van der Waals surface area contributed by atoms with Gasteiger partial charge in [0.05, 0.1) is 18.8 Å². The number of rotatable bonds is 6. The molecule has 0 spiro atoms. The van der Waals surface area contributed by atoms with Crippen LogP contribution in [0.25, 0.3) is 0 Å². The van der Waals surface area contributed by atoms with Crippen LogP contribution in [0, 0.1) is 0 Å². The topological polar surface area (TPSA) is 39.1 Å². The second kappa shape index (κ2) is 6.31. The number of fused-ring (bicyclic) bond motifs is 1. The summed E-state index contributed by atoms with van der Waals surface area (Å²) in [4.78, 5) is 0. The summed E-state index contributed by atoms with van der Waals surface area (Å²) in [5.74, 6) is 1.04. The third-order valence-corrected chi connectivity index (χ3v) is 3.96. The van der Waals surface area contributed by atoms with Gasteiger partial charge >= 0.3 is 0 Å². The largest absolute Gasteiger partial charge is 0.493 e. The molecule has 21 heavy (non-hydrogen) atoms. The normalized spacial score (nSPS) is 14.8. The molecule has 0 saturated carbocycles. The van der Waals surface area contributed by atoms with Crippen molar-refractivity contribution in [1.29, 1.82) is 0 Å². The molecule has 3 rings (SSSR count). The van der Waals surface area contributed by atoms with Crippen molar-refractivity contribution in [3.63, 3.8) is 0 Å². The van der Waals surface area contributed by atoms with E-state index in [1.807, 2.05) is 10.9 Å². The molecule has 1 aliphatic rings. The molecule has 1 aromatic carbocycles. The van der Waals surface area contributed by atoms with E-state index in [4.69, 9.17) is 4.74 Å². The van der Waals surface area contributed by atoms with E-state index in [0.29, 0.717) is 0 Å². The van der Waals surface area contributed by atoms with E-state index in [9.17, 15) is 0 Å². The number of nitrogens with zero attached hydrogens (tertiary/aromatic N) is 2. The Labute approximate surface area is 126 Å². The molecule has 0 amide bonds. The van der Waals surface area contributed by atoms with Gasteiger partial charge in [0.1, 0.15) is 5.75 Å². The van der Waals surface area contributed by atoms with Crippen molar-refractivity contribution in [3.05, 3.63) is 47.3 Å². The van der Waals surface area contributed by atoms with Crippen LogP contribution in [0.2, 0.25) is 0 Å². The van der Waals surface area contributed by atoms with Gasteiger partial charge in [0, 0.05) is 24.7 Å². The second-order valence-corrected chi connectivity index (χ2v) is 5.48. The highest BCUT2D eigenvalue weighted by atomic mass is 16.5. The molecular weight excluding hydrogens is 262 g/mol. The van der Waals surface area contributed by atoms with Gasteiger partial charge in [0.15, 0.2) is 0 Å². The standard InChI is InChI=1S/C17H23N3O/c1-3-8-18-17(15-11-19-20(4-2)12-15)14-5-6-16-13(10-14)7-9-21-16/h5-6,10-12,17-18H,3-4,7-9H2,1-2H3. The van der Waals surface area contributed by atoms with Gasteiger partial charge in [0.2, 0.25) is 0 Å². The van der Waals surface area contributed by atoms with E-state index >= 15 is 0 Å². The van der Waals surface area contributed by atoms with Crippen molar-refractivity contribution in [2.24, 2.45) is 0 Å². The summed E-state index contributed by atoms with van der Waals surface area (Å²) in [7, 11) is 0. The van der Waals surface area contributed by atoms with Crippen LogP contribution in [-0.4, -0.2) is 22.9 Å². The predicted molar refractivity (Wildman–Crippen MR) is 83.7 cm³/mol. The average Bonchev–Trinajstić information content (AvgIpc) is 3.16. The molecule has 0 fully saturated rings. The SMILES string of the molecule is CCCNC(c1ccc2c(c1)CCO2)c1cnn(CC)c1. The van der Waals surface area contributed by atoms with Gasteiger partial charge < -0.3 is 10.1 Å². The van der Waals surface area contributed by atoms with E-state index in [0.717, 1.165) is 38.3 Å². The van der Waals surface area contributed by atoms with Gasteiger partial charge in [-0.1, -0.05) is 19.1 Å². The molecule has 1 aliphatic heterocycles. The Morgan fingerprint density at radius 2 is 2.24 bits per heavy atom. The quantitative estimate of drug-likeness (QED) is 0.887. The monoisotopic (exact) mass is 285 g/mol.